The molecule has 9 heteroatoms. The predicted molar refractivity (Wildman–Crippen MR) is 94.7 cm³/mol. The number of aromatic nitrogens is 1. The lowest BCUT2D eigenvalue weighted by Crippen LogP contribution is -2.44. The molecule has 0 radical (unpaired) electrons. The van der Waals surface area contributed by atoms with E-state index in [9.17, 15) is 14.4 Å². The van der Waals surface area contributed by atoms with Gasteiger partial charge in [-0.15, -0.1) is 0 Å². The average molecular weight is 378 g/mol. The minimum absolute atomic E-state index is 0.112. The number of aromatic carboxylic acids is 1. The number of rotatable bonds is 6. The van der Waals surface area contributed by atoms with E-state index in [1.54, 1.807) is 0 Å². The molecular formula is C18H26N4O5. The molecule has 0 saturated carbocycles. The molecule has 2 atom stereocenters. The lowest BCUT2D eigenvalue weighted by Gasteiger charge is -2.35. The van der Waals surface area contributed by atoms with Crippen LogP contribution in [0.1, 0.15) is 41.9 Å². The third kappa shape index (κ3) is 4.85. The first-order chi connectivity index (χ1) is 12.9. The van der Waals surface area contributed by atoms with Gasteiger partial charge in [0, 0.05) is 31.5 Å². The van der Waals surface area contributed by atoms with Gasteiger partial charge in [0.1, 0.15) is 0 Å². The second-order valence-electron chi connectivity index (χ2n) is 7.47. The number of amides is 2. The molecule has 3 heterocycles. The minimum Gasteiger partial charge on any atom is -0.475 e. The number of nitrogens with zero attached hydrogens (tertiary/aromatic N) is 2. The van der Waals surface area contributed by atoms with E-state index in [-0.39, 0.29) is 35.3 Å². The molecule has 3 rings (SSSR count). The summed E-state index contributed by atoms with van der Waals surface area (Å²) in [7, 11) is 0. The molecule has 0 spiro atoms. The first kappa shape index (κ1) is 19.3. The summed E-state index contributed by atoms with van der Waals surface area (Å²) in [4.78, 5) is 36.7. The van der Waals surface area contributed by atoms with Gasteiger partial charge in [0.2, 0.25) is 17.6 Å². The van der Waals surface area contributed by atoms with Crippen LogP contribution in [0.3, 0.4) is 0 Å². The largest absolute Gasteiger partial charge is 0.475 e. The maximum absolute atomic E-state index is 12.7. The van der Waals surface area contributed by atoms with Gasteiger partial charge in [-0.3, -0.25) is 9.59 Å². The number of piperidine rings is 2. The Morgan fingerprint density at radius 1 is 1.26 bits per heavy atom. The first-order valence-corrected chi connectivity index (χ1v) is 9.40. The van der Waals surface area contributed by atoms with Gasteiger partial charge in [0.05, 0.1) is 5.69 Å². The maximum atomic E-state index is 12.7. The third-order valence-electron chi connectivity index (χ3n) is 5.69. The number of carbonyl (C=O) groups is 3. The van der Waals surface area contributed by atoms with Gasteiger partial charge in [-0.1, -0.05) is 5.16 Å². The second-order valence-corrected chi connectivity index (χ2v) is 7.47. The molecule has 0 aromatic carbocycles. The van der Waals surface area contributed by atoms with Gasteiger partial charge in [-0.25, -0.2) is 4.79 Å². The normalized spacial score (nSPS) is 23.9. The monoisotopic (exact) mass is 378 g/mol. The van der Waals surface area contributed by atoms with E-state index in [4.69, 9.17) is 15.4 Å². The van der Waals surface area contributed by atoms with Gasteiger partial charge >= 0.3 is 5.97 Å². The van der Waals surface area contributed by atoms with Gasteiger partial charge < -0.3 is 25.6 Å². The van der Waals surface area contributed by atoms with E-state index in [0.29, 0.717) is 44.5 Å². The lowest BCUT2D eigenvalue weighted by atomic mass is 9.80. The number of carboxylic acids is 1. The molecule has 148 valence electrons. The van der Waals surface area contributed by atoms with Crippen molar-refractivity contribution in [1.29, 1.82) is 0 Å². The fourth-order valence-corrected chi connectivity index (χ4v) is 4.03. The molecule has 0 aliphatic carbocycles. The number of carbonyl (C=O) groups excluding carboxylic acids is 2. The fraction of sp³-hybridized carbons (Fsp3) is 0.667. The number of primary amides is 1. The van der Waals surface area contributed by atoms with E-state index < -0.39 is 5.97 Å². The highest BCUT2D eigenvalue weighted by Gasteiger charge is 2.32. The van der Waals surface area contributed by atoms with Crippen LogP contribution in [0.4, 0.5) is 0 Å². The van der Waals surface area contributed by atoms with Crippen LogP contribution < -0.4 is 11.1 Å². The molecule has 27 heavy (non-hydrogen) atoms. The van der Waals surface area contributed by atoms with Crippen molar-refractivity contribution in [2.45, 2.75) is 32.1 Å². The van der Waals surface area contributed by atoms with Crippen molar-refractivity contribution in [2.75, 3.05) is 26.2 Å². The van der Waals surface area contributed by atoms with Crippen molar-refractivity contribution in [1.82, 2.24) is 15.4 Å². The van der Waals surface area contributed by atoms with Crippen LogP contribution in [0.25, 0.3) is 0 Å². The number of hydrogen-bond donors (Lipinski definition) is 3. The Morgan fingerprint density at radius 2 is 2.00 bits per heavy atom. The van der Waals surface area contributed by atoms with E-state index in [1.807, 2.05) is 4.90 Å². The Balaban J connectivity index is 1.56. The van der Waals surface area contributed by atoms with E-state index in [1.165, 1.54) is 6.07 Å². The van der Waals surface area contributed by atoms with E-state index in [0.717, 1.165) is 19.5 Å². The molecule has 1 aromatic rings. The van der Waals surface area contributed by atoms with Crippen molar-refractivity contribution < 1.29 is 24.0 Å². The zero-order valence-electron chi connectivity index (χ0n) is 15.2. The van der Waals surface area contributed by atoms with Crippen LogP contribution in [0.2, 0.25) is 0 Å². The Morgan fingerprint density at radius 3 is 2.63 bits per heavy atom. The van der Waals surface area contributed by atoms with Gasteiger partial charge in [0.15, 0.2) is 0 Å². The molecule has 2 aliphatic heterocycles. The van der Waals surface area contributed by atoms with E-state index in [2.05, 4.69) is 10.5 Å². The number of hydrogen-bond acceptors (Lipinski definition) is 6. The third-order valence-corrected chi connectivity index (χ3v) is 5.69. The number of nitrogens with two attached hydrogens (primary N) is 1. The molecule has 4 N–H and O–H groups in total. The quantitative estimate of drug-likeness (QED) is 0.645. The highest BCUT2D eigenvalue weighted by atomic mass is 16.5. The summed E-state index contributed by atoms with van der Waals surface area (Å²) in [6.45, 7) is 2.77. The molecule has 2 saturated heterocycles. The molecule has 0 unspecified atom stereocenters. The highest BCUT2D eigenvalue weighted by molar-refractivity contribution is 5.84. The van der Waals surface area contributed by atoms with Crippen molar-refractivity contribution in [3.63, 3.8) is 0 Å². The van der Waals surface area contributed by atoms with Crippen molar-refractivity contribution >= 4 is 17.8 Å². The molecule has 2 aliphatic rings. The van der Waals surface area contributed by atoms with E-state index >= 15 is 0 Å². The van der Waals surface area contributed by atoms with Crippen molar-refractivity contribution in [3.8, 4) is 0 Å². The summed E-state index contributed by atoms with van der Waals surface area (Å²) in [6, 6.07) is 1.45. The van der Waals surface area contributed by atoms with Crippen LogP contribution in [0.5, 0.6) is 0 Å². The standard InChI is InChI=1S/C18H26N4O5/c19-17(24)11-2-5-22(6-3-11)16(23)8-12-1-4-20-10-13(12)7-14-9-15(18(25)26)27-21-14/h9,11-13,20H,1-8,10H2,(H2,19,24)(H,25,26)/t12-,13-/m0/s1. The Kier molecular flexibility index (Phi) is 6.10. The van der Waals surface area contributed by atoms with Crippen LogP contribution >= 0.6 is 0 Å². The van der Waals surface area contributed by atoms with Crippen molar-refractivity contribution in [2.24, 2.45) is 23.5 Å². The minimum atomic E-state index is -1.14. The Bertz CT molecular complexity index is 696. The van der Waals surface area contributed by atoms with Gasteiger partial charge in [0.25, 0.3) is 0 Å². The molecular weight excluding hydrogens is 352 g/mol. The maximum Gasteiger partial charge on any atom is 0.374 e. The SMILES string of the molecule is NC(=O)C1CCN(C(=O)C[C@@H]2CCNC[C@@H]2Cc2cc(C(=O)O)on2)CC1. The summed E-state index contributed by atoms with van der Waals surface area (Å²) in [5, 5.41) is 16.1. The summed E-state index contributed by atoms with van der Waals surface area (Å²) >= 11 is 0. The zero-order chi connectivity index (χ0) is 19.4. The molecule has 0 bridgehead atoms. The number of likely N-dealkylation sites (tertiary alicyclic amines) is 1. The zero-order valence-corrected chi connectivity index (χ0v) is 15.2. The van der Waals surface area contributed by atoms with Crippen LogP contribution in [-0.2, 0) is 16.0 Å². The lowest BCUT2D eigenvalue weighted by molar-refractivity contribution is -0.136. The Labute approximate surface area is 157 Å². The molecule has 1 aromatic heterocycles. The summed E-state index contributed by atoms with van der Waals surface area (Å²) in [6.07, 6.45) is 3.18. The summed E-state index contributed by atoms with van der Waals surface area (Å²) in [5.74, 6) is -1.21. The van der Waals surface area contributed by atoms with Crippen molar-refractivity contribution in [3.05, 3.63) is 17.5 Å². The van der Waals surface area contributed by atoms with Gasteiger partial charge in [-0.05, 0) is 50.6 Å². The topological polar surface area (TPSA) is 139 Å². The highest BCUT2D eigenvalue weighted by Crippen LogP contribution is 2.28. The average Bonchev–Trinajstić information content (AvgIpc) is 3.12. The smallest absolute Gasteiger partial charge is 0.374 e. The van der Waals surface area contributed by atoms with Crippen LogP contribution in [0, 0.1) is 17.8 Å². The first-order valence-electron chi connectivity index (χ1n) is 9.40. The number of nitrogens with one attached hydrogen (secondary N) is 1. The second kappa shape index (κ2) is 8.51. The van der Waals surface area contributed by atoms with Crippen LogP contribution in [-0.4, -0.2) is 59.1 Å². The predicted octanol–water partition coefficient (Wildman–Crippen LogP) is 0.255. The number of carboxylic acid groups (broad SMARTS) is 1. The molecule has 2 amide bonds. The molecule has 2 fully saturated rings. The summed E-state index contributed by atoms with van der Waals surface area (Å²) in [5.41, 5.74) is 5.95. The Hall–Kier alpha value is -2.42. The summed E-state index contributed by atoms with van der Waals surface area (Å²) < 4.78 is 4.83. The fourth-order valence-electron chi connectivity index (χ4n) is 4.03. The van der Waals surface area contributed by atoms with Crippen LogP contribution in [0.15, 0.2) is 10.6 Å². The molecule has 9 nitrogen and oxygen atoms in total. The van der Waals surface area contributed by atoms with Gasteiger partial charge in [-0.2, -0.15) is 0 Å².